The number of hydrogen-bond acceptors (Lipinski definition) is 3. The normalized spacial score (nSPS) is 13.6. The smallest absolute Gasteiger partial charge is 0.386 e. The molecule has 0 aliphatic rings. The zero-order valence-corrected chi connectivity index (χ0v) is 12.4. The second-order valence-electron chi connectivity index (χ2n) is 4.79. The van der Waals surface area contributed by atoms with Crippen LogP contribution in [0.15, 0.2) is 0 Å². The molecule has 0 saturated carbocycles. The van der Waals surface area contributed by atoms with Crippen molar-refractivity contribution in [1.29, 1.82) is 0 Å². The lowest BCUT2D eigenvalue weighted by molar-refractivity contribution is 0.111. The average molecular weight is 233 g/mol. The van der Waals surface area contributed by atoms with E-state index in [9.17, 15) is 0 Å². The summed E-state index contributed by atoms with van der Waals surface area (Å²) in [4.78, 5) is 0. The van der Waals surface area contributed by atoms with Gasteiger partial charge in [0.15, 0.2) is 0 Å². The van der Waals surface area contributed by atoms with Crippen LogP contribution in [0.5, 0.6) is 0 Å². The molecule has 0 aromatic rings. The molecular formula is C11H27NO2Si. The third-order valence-electron chi connectivity index (χ3n) is 2.74. The fourth-order valence-electron chi connectivity index (χ4n) is 2.19. The SMILES string of the molecule is CCC[Si](OC)(OC)N(CC)C(C)(C)C. The molecule has 0 N–H and O–H groups in total. The Morgan fingerprint density at radius 1 is 1.07 bits per heavy atom. The molecule has 15 heavy (non-hydrogen) atoms. The van der Waals surface area contributed by atoms with Crippen LogP contribution in [0.4, 0.5) is 0 Å². The van der Waals surface area contributed by atoms with Crippen LogP contribution in [-0.4, -0.2) is 39.6 Å². The monoisotopic (exact) mass is 233 g/mol. The summed E-state index contributed by atoms with van der Waals surface area (Å²) in [6, 6.07) is 1.02. The molecule has 0 saturated heterocycles. The summed E-state index contributed by atoms with van der Waals surface area (Å²) in [5.41, 5.74) is 0.0994. The molecule has 0 amide bonds. The summed E-state index contributed by atoms with van der Waals surface area (Å²) >= 11 is 0. The van der Waals surface area contributed by atoms with Gasteiger partial charge in [-0.15, -0.1) is 0 Å². The van der Waals surface area contributed by atoms with E-state index in [-0.39, 0.29) is 5.54 Å². The Balaban J connectivity index is 5.00. The van der Waals surface area contributed by atoms with Crippen molar-refractivity contribution in [3.63, 3.8) is 0 Å². The predicted octanol–water partition coefficient (Wildman–Crippen LogP) is 2.75. The molecular weight excluding hydrogens is 206 g/mol. The quantitative estimate of drug-likeness (QED) is 0.659. The summed E-state index contributed by atoms with van der Waals surface area (Å²) in [6.07, 6.45) is 1.10. The van der Waals surface area contributed by atoms with Gasteiger partial charge < -0.3 is 8.85 Å². The van der Waals surface area contributed by atoms with Crippen molar-refractivity contribution in [2.24, 2.45) is 0 Å². The van der Waals surface area contributed by atoms with Crippen LogP contribution in [-0.2, 0) is 8.85 Å². The first kappa shape index (κ1) is 15.1. The second kappa shape index (κ2) is 5.99. The van der Waals surface area contributed by atoms with Gasteiger partial charge in [-0.05, 0) is 27.3 Å². The Morgan fingerprint density at radius 3 is 1.73 bits per heavy atom. The predicted molar refractivity (Wildman–Crippen MR) is 67.0 cm³/mol. The van der Waals surface area contributed by atoms with Gasteiger partial charge in [-0.25, -0.2) is 0 Å². The van der Waals surface area contributed by atoms with Crippen molar-refractivity contribution in [1.82, 2.24) is 4.57 Å². The molecule has 0 aromatic carbocycles. The van der Waals surface area contributed by atoms with Gasteiger partial charge in [0.25, 0.3) is 0 Å². The minimum Gasteiger partial charge on any atom is -0.386 e. The molecule has 0 unspecified atom stereocenters. The van der Waals surface area contributed by atoms with Gasteiger partial charge in [0.05, 0.1) is 0 Å². The highest BCUT2D eigenvalue weighted by atomic mass is 28.4. The van der Waals surface area contributed by atoms with Crippen molar-refractivity contribution < 1.29 is 8.85 Å². The van der Waals surface area contributed by atoms with Crippen LogP contribution in [0, 0.1) is 0 Å². The second-order valence-corrected chi connectivity index (χ2v) is 8.07. The Morgan fingerprint density at radius 2 is 1.53 bits per heavy atom. The molecule has 0 spiro atoms. The molecule has 92 valence electrons. The fraction of sp³-hybridized carbons (Fsp3) is 1.00. The summed E-state index contributed by atoms with van der Waals surface area (Å²) < 4.78 is 13.9. The summed E-state index contributed by atoms with van der Waals surface area (Å²) in [7, 11) is 1.38. The van der Waals surface area contributed by atoms with E-state index in [0.29, 0.717) is 0 Å². The molecule has 0 aliphatic heterocycles. The lowest BCUT2D eigenvalue weighted by Gasteiger charge is -2.45. The van der Waals surface area contributed by atoms with Crippen molar-refractivity contribution in [3.05, 3.63) is 0 Å². The van der Waals surface area contributed by atoms with E-state index < -0.39 is 8.72 Å². The maximum absolute atomic E-state index is 5.75. The number of hydrogen-bond donors (Lipinski definition) is 0. The summed E-state index contributed by atoms with van der Waals surface area (Å²) in [5, 5.41) is 0. The zero-order chi connectivity index (χ0) is 12.1. The van der Waals surface area contributed by atoms with Crippen LogP contribution >= 0.6 is 0 Å². The highest BCUT2D eigenvalue weighted by Gasteiger charge is 2.46. The van der Waals surface area contributed by atoms with Crippen LogP contribution in [0.1, 0.15) is 41.0 Å². The molecule has 0 radical (unpaired) electrons. The van der Waals surface area contributed by atoms with E-state index in [2.05, 4.69) is 39.2 Å². The highest BCUT2D eigenvalue weighted by Crippen LogP contribution is 2.27. The maximum Gasteiger partial charge on any atom is 0.427 e. The lowest BCUT2D eigenvalue weighted by Crippen LogP contribution is -2.63. The van der Waals surface area contributed by atoms with Gasteiger partial charge in [-0.2, -0.15) is 0 Å². The molecule has 0 aliphatic carbocycles. The van der Waals surface area contributed by atoms with E-state index in [1.807, 2.05) is 0 Å². The third kappa shape index (κ3) is 3.55. The zero-order valence-electron chi connectivity index (χ0n) is 11.4. The van der Waals surface area contributed by atoms with E-state index in [0.717, 1.165) is 19.0 Å². The summed E-state index contributed by atoms with van der Waals surface area (Å²) in [6.45, 7) is 12.0. The Bertz CT molecular complexity index is 176. The largest absolute Gasteiger partial charge is 0.427 e. The Hall–Kier alpha value is 0.0969. The molecule has 0 rings (SSSR count). The molecule has 3 nitrogen and oxygen atoms in total. The van der Waals surface area contributed by atoms with E-state index in [4.69, 9.17) is 8.85 Å². The first-order valence-corrected chi connectivity index (χ1v) is 7.73. The van der Waals surface area contributed by atoms with Crippen molar-refractivity contribution in [2.75, 3.05) is 20.8 Å². The van der Waals surface area contributed by atoms with Gasteiger partial charge >= 0.3 is 8.72 Å². The van der Waals surface area contributed by atoms with Gasteiger partial charge in [-0.3, -0.25) is 4.57 Å². The molecule has 0 fully saturated rings. The third-order valence-corrected chi connectivity index (χ3v) is 6.96. The summed E-state index contributed by atoms with van der Waals surface area (Å²) in [5.74, 6) is 0. The number of nitrogens with zero attached hydrogens (tertiary/aromatic N) is 1. The van der Waals surface area contributed by atoms with Gasteiger partial charge in [0.1, 0.15) is 0 Å². The van der Waals surface area contributed by atoms with Crippen molar-refractivity contribution in [3.8, 4) is 0 Å². The van der Waals surface area contributed by atoms with Crippen LogP contribution in [0.2, 0.25) is 6.04 Å². The number of rotatable bonds is 6. The lowest BCUT2D eigenvalue weighted by atomic mass is 10.1. The minimum absolute atomic E-state index is 0.0994. The fourth-order valence-corrected chi connectivity index (χ4v) is 5.61. The van der Waals surface area contributed by atoms with E-state index in [1.54, 1.807) is 14.2 Å². The molecule has 0 aromatic heterocycles. The van der Waals surface area contributed by atoms with Crippen LogP contribution < -0.4 is 0 Å². The molecule has 0 heterocycles. The van der Waals surface area contributed by atoms with E-state index in [1.165, 1.54) is 0 Å². The molecule has 0 bridgehead atoms. The molecule has 4 heteroatoms. The Kier molecular flexibility index (Phi) is 6.03. The maximum atomic E-state index is 5.75. The topological polar surface area (TPSA) is 21.7 Å². The minimum atomic E-state index is -2.17. The van der Waals surface area contributed by atoms with Crippen LogP contribution in [0.25, 0.3) is 0 Å². The first-order chi connectivity index (χ1) is 6.87. The first-order valence-electron chi connectivity index (χ1n) is 5.76. The van der Waals surface area contributed by atoms with Gasteiger partial charge in [-0.1, -0.05) is 20.3 Å². The standard InChI is InChI=1S/C11H27NO2Si/c1-8-10-15(13-6,14-7)12(9-2)11(3,4)5/h8-10H2,1-7H3. The van der Waals surface area contributed by atoms with Gasteiger partial charge in [0.2, 0.25) is 0 Å². The van der Waals surface area contributed by atoms with Crippen molar-refractivity contribution >= 4 is 8.72 Å². The van der Waals surface area contributed by atoms with Gasteiger partial charge in [0, 0.05) is 25.8 Å². The average Bonchev–Trinajstić information content (AvgIpc) is 2.15. The van der Waals surface area contributed by atoms with Crippen molar-refractivity contribution in [2.45, 2.75) is 52.6 Å². The Labute approximate surface area is 96.1 Å². The van der Waals surface area contributed by atoms with Crippen LogP contribution in [0.3, 0.4) is 0 Å². The highest BCUT2D eigenvalue weighted by molar-refractivity contribution is 6.64. The van der Waals surface area contributed by atoms with E-state index >= 15 is 0 Å². The molecule has 0 atom stereocenters.